The topological polar surface area (TPSA) is 52.1 Å². The van der Waals surface area contributed by atoms with Crippen molar-refractivity contribution in [3.8, 4) is 0 Å². The van der Waals surface area contributed by atoms with Crippen LogP contribution < -0.4 is 0 Å². The number of fused-ring (bicyclic) bond motifs is 1. The molecule has 70 valence electrons. The zero-order chi connectivity index (χ0) is 9.97. The Hall–Kier alpha value is -1.97. The molecule has 0 atom stereocenters. The molecule has 0 fully saturated rings. The van der Waals surface area contributed by atoms with Crippen molar-refractivity contribution >= 4 is 16.9 Å². The molecule has 0 N–H and O–H groups in total. The van der Waals surface area contributed by atoms with Crippen LogP contribution in [-0.2, 0) is 4.74 Å². The van der Waals surface area contributed by atoms with Crippen LogP contribution in [0.2, 0.25) is 0 Å². The normalized spacial score (nSPS) is 10.1. The predicted molar refractivity (Wildman–Crippen MR) is 50.9 cm³/mol. The van der Waals surface area contributed by atoms with E-state index in [-0.39, 0.29) is 5.97 Å². The summed E-state index contributed by atoms with van der Waals surface area (Å²) in [4.78, 5) is 19.4. The molecule has 0 saturated heterocycles. The monoisotopic (exact) mass is 188 g/mol. The second-order valence-electron chi connectivity index (χ2n) is 2.74. The fraction of sp³-hybridized carbons (Fsp3) is 0.100. The summed E-state index contributed by atoms with van der Waals surface area (Å²) in [6.07, 6.45) is 4.82. The smallest absolute Gasteiger partial charge is 0.338 e. The van der Waals surface area contributed by atoms with Gasteiger partial charge in [0.15, 0.2) is 0 Å². The number of methoxy groups -OCH3 is 1. The Balaban J connectivity index is 2.71. The first-order valence-electron chi connectivity index (χ1n) is 4.10. The molecule has 4 heteroatoms. The highest BCUT2D eigenvalue weighted by Gasteiger charge is 2.09. The van der Waals surface area contributed by atoms with Crippen LogP contribution in [0.4, 0.5) is 0 Å². The van der Waals surface area contributed by atoms with Gasteiger partial charge in [0.2, 0.25) is 0 Å². The summed E-state index contributed by atoms with van der Waals surface area (Å²) in [7, 11) is 1.35. The van der Waals surface area contributed by atoms with Gasteiger partial charge >= 0.3 is 5.97 Å². The van der Waals surface area contributed by atoms with E-state index in [2.05, 4.69) is 14.7 Å². The fourth-order valence-electron chi connectivity index (χ4n) is 1.28. The van der Waals surface area contributed by atoms with Gasteiger partial charge in [-0.2, -0.15) is 0 Å². The van der Waals surface area contributed by atoms with E-state index >= 15 is 0 Å². The molecule has 0 radical (unpaired) electrons. The summed E-state index contributed by atoms with van der Waals surface area (Å²) in [6, 6.07) is 3.37. The number of carbonyl (C=O) groups excluding carboxylic acids is 1. The molecule has 2 rings (SSSR count). The number of pyridine rings is 2. The van der Waals surface area contributed by atoms with Crippen LogP contribution in [-0.4, -0.2) is 23.0 Å². The van der Waals surface area contributed by atoms with Crippen molar-refractivity contribution in [1.29, 1.82) is 0 Å². The maximum atomic E-state index is 11.3. The van der Waals surface area contributed by atoms with E-state index in [1.165, 1.54) is 7.11 Å². The lowest BCUT2D eigenvalue weighted by Gasteiger charge is -2.02. The third-order valence-corrected chi connectivity index (χ3v) is 1.95. The number of nitrogens with zero attached hydrogens (tertiary/aromatic N) is 2. The number of rotatable bonds is 1. The minimum Gasteiger partial charge on any atom is -0.465 e. The van der Waals surface area contributed by atoms with Gasteiger partial charge < -0.3 is 4.74 Å². The molecule has 0 amide bonds. The highest BCUT2D eigenvalue weighted by Crippen LogP contribution is 2.15. The minimum atomic E-state index is -0.370. The first kappa shape index (κ1) is 8.62. The molecule has 2 heterocycles. The molecule has 4 nitrogen and oxygen atoms in total. The largest absolute Gasteiger partial charge is 0.465 e. The second-order valence-corrected chi connectivity index (χ2v) is 2.74. The Morgan fingerprint density at radius 1 is 1.36 bits per heavy atom. The van der Waals surface area contributed by atoms with Crippen LogP contribution >= 0.6 is 0 Å². The van der Waals surface area contributed by atoms with Gasteiger partial charge in [0.1, 0.15) is 0 Å². The summed E-state index contributed by atoms with van der Waals surface area (Å²) in [5, 5.41) is 0.710. The fourth-order valence-corrected chi connectivity index (χ4v) is 1.28. The van der Waals surface area contributed by atoms with Gasteiger partial charge in [-0.3, -0.25) is 9.97 Å². The molecule has 0 aromatic carbocycles. The average Bonchev–Trinajstić information content (AvgIpc) is 2.27. The third kappa shape index (κ3) is 1.31. The zero-order valence-corrected chi connectivity index (χ0v) is 7.60. The number of hydrogen-bond acceptors (Lipinski definition) is 4. The summed E-state index contributed by atoms with van der Waals surface area (Å²) in [5.41, 5.74) is 1.23. The second kappa shape index (κ2) is 3.41. The third-order valence-electron chi connectivity index (χ3n) is 1.95. The molecule has 0 saturated carbocycles. The van der Waals surface area contributed by atoms with E-state index in [1.807, 2.05) is 0 Å². The van der Waals surface area contributed by atoms with E-state index in [0.29, 0.717) is 10.9 Å². The van der Waals surface area contributed by atoms with Crippen LogP contribution in [0.25, 0.3) is 10.9 Å². The lowest BCUT2D eigenvalue weighted by atomic mass is 10.1. The van der Waals surface area contributed by atoms with Gasteiger partial charge in [0.25, 0.3) is 0 Å². The highest BCUT2D eigenvalue weighted by atomic mass is 16.5. The number of hydrogen-bond donors (Lipinski definition) is 0. The SMILES string of the molecule is COC(=O)c1ccnc2ccncc12. The Morgan fingerprint density at radius 2 is 2.21 bits per heavy atom. The molecule has 14 heavy (non-hydrogen) atoms. The van der Waals surface area contributed by atoms with Gasteiger partial charge in [-0.25, -0.2) is 4.79 Å². The minimum absolute atomic E-state index is 0.370. The van der Waals surface area contributed by atoms with Crippen molar-refractivity contribution in [1.82, 2.24) is 9.97 Å². The summed E-state index contributed by atoms with van der Waals surface area (Å²) >= 11 is 0. The van der Waals surface area contributed by atoms with Crippen molar-refractivity contribution in [2.75, 3.05) is 7.11 Å². The van der Waals surface area contributed by atoms with Gasteiger partial charge in [-0.05, 0) is 12.1 Å². The van der Waals surface area contributed by atoms with E-state index in [1.54, 1.807) is 30.7 Å². The Bertz CT molecular complexity index is 477. The van der Waals surface area contributed by atoms with Crippen molar-refractivity contribution < 1.29 is 9.53 Å². The predicted octanol–water partition coefficient (Wildman–Crippen LogP) is 1.42. The van der Waals surface area contributed by atoms with E-state index in [0.717, 1.165) is 5.52 Å². The van der Waals surface area contributed by atoms with Crippen LogP contribution in [0.1, 0.15) is 10.4 Å². The zero-order valence-electron chi connectivity index (χ0n) is 7.60. The standard InChI is InChI=1S/C10H8N2O2/c1-14-10(13)7-2-5-12-9-3-4-11-6-8(7)9/h2-6H,1H3. The molecule has 2 aromatic heterocycles. The Kier molecular flexibility index (Phi) is 2.10. The van der Waals surface area contributed by atoms with Crippen LogP contribution in [0.3, 0.4) is 0 Å². The molecule has 0 aliphatic rings. The molecular weight excluding hydrogens is 180 g/mol. The van der Waals surface area contributed by atoms with Crippen LogP contribution in [0.15, 0.2) is 30.7 Å². The van der Waals surface area contributed by atoms with Crippen molar-refractivity contribution in [2.24, 2.45) is 0 Å². The van der Waals surface area contributed by atoms with E-state index in [4.69, 9.17) is 0 Å². The van der Waals surface area contributed by atoms with E-state index < -0.39 is 0 Å². The van der Waals surface area contributed by atoms with Gasteiger partial charge in [-0.15, -0.1) is 0 Å². The quantitative estimate of drug-likeness (QED) is 0.635. The first-order chi connectivity index (χ1) is 6.83. The lowest BCUT2D eigenvalue weighted by molar-refractivity contribution is 0.0603. The van der Waals surface area contributed by atoms with Crippen LogP contribution in [0.5, 0.6) is 0 Å². The maximum absolute atomic E-state index is 11.3. The van der Waals surface area contributed by atoms with Gasteiger partial charge in [0.05, 0.1) is 18.2 Å². The molecule has 0 aliphatic heterocycles. The number of carbonyl (C=O) groups is 1. The Labute approximate surface area is 80.6 Å². The molecular formula is C10H8N2O2. The summed E-state index contributed by atoms with van der Waals surface area (Å²) in [6.45, 7) is 0. The molecule has 0 bridgehead atoms. The van der Waals surface area contributed by atoms with Gasteiger partial charge in [0, 0.05) is 24.0 Å². The molecule has 2 aromatic rings. The first-order valence-corrected chi connectivity index (χ1v) is 4.10. The highest BCUT2D eigenvalue weighted by molar-refractivity contribution is 6.02. The summed E-state index contributed by atoms with van der Waals surface area (Å²) in [5.74, 6) is -0.370. The average molecular weight is 188 g/mol. The van der Waals surface area contributed by atoms with E-state index in [9.17, 15) is 4.79 Å². The molecule has 0 spiro atoms. The van der Waals surface area contributed by atoms with Crippen molar-refractivity contribution in [2.45, 2.75) is 0 Å². The maximum Gasteiger partial charge on any atom is 0.338 e. The summed E-state index contributed by atoms with van der Waals surface area (Å²) < 4.78 is 4.65. The van der Waals surface area contributed by atoms with Crippen LogP contribution in [0, 0.1) is 0 Å². The van der Waals surface area contributed by atoms with Crippen molar-refractivity contribution in [3.05, 3.63) is 36.3 Å². The molecule has 0 aliphatic carbocycles. The molecule has 0 unspecified atom stereocenters. The number of esters is 1. The number of aromatic nitrogens is 2. The lowest BCUT2D eigenvalue weighted by Crippen LogP contribution is -2.02. The van der Waals surface area contributed by atoms with Crippen molar-refractivity contribution in [3.63, 3.8) is 0 Å². The van der Waals surface area contributed by atoms with Gasteiger partial charge in [-0.1, -0.05) is 0 Å². The Morgan fingerprint density at radius 3 is 3.00 bits per heavy atom. The number of ether oxygens (including phenoxy) is 1.